The summed E-state index contributed by atoms with van der Waals surface area (Å²) < 4.78 is 13.2. The van der Waals surface area contributed by atoms with Crippen molar-refractivity contribution in [2.75, 3.05) is 11.9 Å². The molecule has 0 bridgehead atoms. The number of nitrogens with one attached hydrogen (secondary N) is 1. The van der Waals surface area contributed by atoms with E-state index in [0.717, 1.165) is 18.9 Å². The maximum atomic E-state index is 13.2. The van der Waals surface area contributed by atoms with Crippen molar-refractivity contribution >= 4 is 5.82 Å². The maximum Gasteiger partial charge on any atom is 0.165 e. The molecule has 0 saturated heterocycles. The SMILES string of the molecule is Fc1cccnc1NCCCC1CCCC1. The van der Waals surface area contributed by atoms with Gasteiger partial charge in [0.2, 0.25) is 0 Å². The Bertz CT molecular complexity index is 321. The standard InChI is InChI=1S/C13H19FN2/c14-12-8-4-10-16-13(12)15-9-3-7-11-5-1-2-6-11/h4,8,10-11H,1-3,5-7,9H2,(H,15,16). The monoisotopic (exact) mass is 222 g/mol. The molecule has 1 N–H and O–H groups in total. The minimum absolute atomic E-state index is 0.261. The number of aromatic nitrogens is 1. The van der Waals surface area contributed by atoms with Crippen LogP contribution in [0, 0.1) is 11.7 Å². The minimum atomic E-state index is -0.261. The summed E-state index contributed by atoms with van der Waals surface area (Å²) in [5.74, 6) is 1.03. The lowest BCUT2D eigenvalue weighted by Crippen LogP contribution is -2.06. The summed E-state index contributed by atoms with van der Waals surface area (Å²) in [4.78, 5) is 3.96. The highest BCUT2D eigenvalue weighted by molar-refractivity contribution is 5.35. The maximum absolute atomic E-state index is 13.2. The molecule has 0 unspecified atom stereocenters. The van der Waals surface area contributed by atoms with Gasteiger partial charge in [-0.1, -0.05) is 25.7 Å². The second kappa shape index (κ2) is 5.83. The molecule has 1 heterocycles. The molecule has 0 aromatic carbocycles. The number of nitrogens with zero attached hydrogens (tertiary/aromatic N) is 1. The summed E-state index contributed by atoms with van der Waals surface area (Å²) in [6.07, 6.45) is 9.56. The molecule has 1 aliphatic carbocycles. The van der Waals surface area contributed by atoms with E-state index < -0.39 is 0 Å². The third-order valence-electron chi connectivity index (χ3n) is 3.31. The summed E-state index contributed by atoms with van der Waals surface area (Å²) in [5, 5.41) is 3.05. The first-order valence-electron chi connectivity index (χ1n) is 6.20. The first-order valence-corrected chi connectivity index (χ1v) is 6.20. The summed E-state index contributed by atoms with van der Waals surface area (Å²) in [5.41, 5.74) is 0. The van der Waals surface area contributed by atoms with E-state index in [1.54, 1.807) is 12.3 Å². The lowest BCUT2D eigenvalue weighted by molar-refractivity contribution is 0.490. The Morgan fingerprint density at radius 2 is 2.19 bits per heavy atom. The van der Waals surface area contributed by atoms with Gasteiger partial charge in [-0.05, 0) is 30.9 Å². The molecule has 1 fully saturated rings. The van der Waals surface area contributed by atoms with Crippen LogP contribution in [0.15, 0.2) is 18.3 Å². The fourth-order valence-electron chi connectivity index (χ4n) is 2.41. The molecular formula is C13H19FN2. The molecule has 2 nitrogen and oxygen atoms in total. The van der Waals surface area contributed by atoms with E-state index >= 15 is 0 Å². The van der Waals surface area contributed by atoms with Crippen molar-refractivity contribution in [2.45, 2.75) is 38.5 Å². The molecule has 3 heteroatoms. The van der Waals surface area contributed by atoms with Crippen LogP contribution in [0.25, 0.3) is 0 Å². The van der Waals surface area contributed by atoms with E-state index in [1.807, 2.05) is 0 Å². The van der Waals surface area contributed by atoms with E-state index in [9.17, 15) is 4.39 Å². The van der Waals surface area contributed by atoms with Crippen LogP contribution in [0.5, 0.6) is 0 Å². The molecule has 2 rings (SSSR count). The largest absolute Gasteiger partial charge is 0.368 e. The van der Waals surface area contributed by atoms with Gasteiger partial charge in [-0.3, -0.25) is 0 Å². The molecule has 1 aliphatic rings. The van der Waals surface area contributed by atoms with Gasteiger partial charge >= 0.3 is 0 Å². The Morgan fingerprint density at radius 3 is 2.94 bits per heavy atom. The third-order valence-corrected chi connectivity index (χ3v) is 3.31. The highest BCUT2D eigenvalue weighted by Crippen LogP contribution is 2.28. The van der Waals surface area contributed by atoms with Crippen molar-refractivity contribution in [1.82, 2.24) is 4.98 Å². The first-order chi connectivity index (χ1) is 7.86. The van der Waals surface area contributed by atoms with Crippen molar-refractivity contribution in [1.29, 1.82) is 0 Å². The quantitative estimate of drug-likeness (QED) is 0.770. The first kappa shape index (κ1) is 11.4. The second-order valence-corrected chi connectivity index (χ2v) is 4.55. The molecule has 0 amide bonds. The topological polar surface area (TPSA) is 24.9 Å². The second-order valence-electron chi connectivity index (χ2n) is 4.55. The fraction of sp³-hybridized carbons (Fsp3) is 0.615. The minimum Gasteiger partial charge on any atom is -0.368 e. The Balaban J connectivity index is 1.66. The molecule has 1 aromatic heterocycles. The summed E-state index contributed by atoms with van der Waals surface area (Å²) in [7, 11) is 0. The van der Waals surface area contributed by atoms with Crippen LogP contribution in [0.4, 0.5) is 10.2 Å². The van der Waals surface area contributed by atoms with E-state index in [1.165, 1.54) is 38.2 Å². The number of halogens is 1. The summed E-state index contributed by atoms with van der Waals surface area (Å²) in [6, 6.07) is 3.05. The van der Waals surface area contributed by atoms with Gasteiger partial charge in [-0.25, -0.2) is 9.37 Å². The van der Waals surface area contributed by atoms with Crippen LogP contribution >= 0.6 is 0 Å². The average Bonchev–Trinajstić information content (AvgIpc) is 2.79. The smallest absolute Gasteiger partial charge is 0.165 e. The van der Waals surface area contributed by atoms with Crippen molar-refractivity contribution in [3.63, 3.8) is 0 Å². The van der Waals surface area contributed by atoms with Crippen molar-refractivity contribution in [3.8, 4) is 0 Å². The summed E-state index contributed by atoms with van der Waals surface area (Å²) in [6.45, 7) is 0.824. The van der Waals surface area contributed by atoms with Crippen LogP contribution in [-0.2, 0) is 0 Å². The van der Waals surface area contributed by atoms with Gasteiger partial charge in [0.15, 0.2) is 11.6 Å². The van der Waals surface area contributed by atoms with E-state index in [4.69, 9.17) is 0 Å². The van der Waals surface area contributed by atoms with Gasteiger partial charge in [0, 0.05) is 12.7 Å². The van der Waals surface area contributed by atoms with Gasteiger partial charge in [-0.2, -0.15) is 0 Å². The molecule has 0 spiro atoms. The molecule has 16 heavy (non-hydrogen) atoms. The third kappa shape index (κ3) is 3.19. The lowest BCUT2D eigenvalue weighted by Gasteiger charge is -2.09. The average molecular weight is 222 g/mol. The molecule has 88 valence electrons. The predicted octanol–water partition coefficient (Wildman–Crippen LogP) is 3.60. The predicted molar refractivity (Wildman–Crippen MR) is 63.9 cm³/mol. The number of hydrogen-bond donors (Lipinski definition) is 1. The Kier molecular flexibility index (Phi) is 4.14. The number of hydrogen-bond acceptors (Lipinski definition) is 2. The fourth-order valence-corrected chi connectivity index (χ4v) is 2.41. The van der Waals surface area contributed by atoms with Gasteiger partial charge in [0.25, 0.3) is 0 Å². The molecule has 1 saturated carbocycles. The van der Waals surface area contributed by atoms with Crippen molar-refractivity contribution in [2.24, 2.45) is 5.92 Å². The van der Waals surface area contributed by atoms with Crippen LogP contribution in [0.3, 0.4) is 0 Å². The zero-order chi connectivity index (χ0) is 11.2. The van der Waals surface area contributed by atoms with Crippen LogP contribution < -0.4 is 5.32 Å². The normalized spacial score (nSPS) is 16.6. The van der Waals surface area contributed by atoms with Gasteiger partial charge in [-0.15, -0.1) is 0 Å². The Hall–Kier alpha value is -1.12. The lowest BCUT2D eigenvalue weighted by atomic mass is 10.0. The van der Waals surface area contributed by atoms with Crippen molar-refractivity contribution < 1.29 is 4.39 Å². The van der Waals surface area contributed by atoms with Crippen molar-refractivity contribution in [3.05, 3.63) is 24.1 Å². The van der Waals surface area contributed by atoms with Crippen LogP contribution in [0.2, 0.25) is 0 Å². The number of pyridine rings is 1. The molecule has 0 aliphatic heterocycles. The zero-order valence-electron chi connectivity index (χ0n) is 9.58. The summed E-state index contributed by atoms with van der Waals surface area (Å²) >= 11 is 0. The zero-order valence-corrected chi connectivity index (χ0v) is 9.58. The van der Waals surface area contributed by atoms with Crippen LogP contribution in [-0.4, -0.2) is 11.5 Å². The number of anilines is 1. The van der Waals surface area contributed by atoms with E-state index in [0.29, 0.717) is 5.82 Å². The van der Waals surface area contributed by atoms with E-state index in [2.05, 4.69) is 10.3 Å². The van der Waals surface area contributed by atoms with Gasteiger partial charge in [0.05, 0.1) is 0 Å². The Labute approximate surface area is 96.3 Å². The highest BCUT2D eigenvalue weighted by Gasteiger charge is 2.13. The molecule has 0 atom stereocenters. The van der Waals surface area contributed by atoms with Gasteiger partial charge in [0.1, 0.15) is 0 Å². The Morgan fingerprint density at radius 1 is 1.38 bits per heavy atom. The molecule has 1 aromatic rings. The number of rotatable bonds is 5. The van der Waals surface area contributed by atoms with Crippen LogP contribution in [0.1, 0.15) is 38.5 Å². The van der Waals surface area contributed by atoms with Gasteiger partial charge < -0.3 is 5.32 Å². The highest BCUT2D eigenvalue weighted by atomic mass is 19.1. The molecular weight excluding hydrogens is 203 g/mol. The molecule has 0 radical (unpaired) electrons. The van der Waals surface area contributed by atoms with E-state index in [-0.39, 0.29) is 5.82 Å².